The fourth-order valence-electron chi connectivity index (χ4n) is 2.24. The Hall–Kier alpha value is -2.40. The highest BCUT2D eigenvalue weighted by atomic mass is 35.5. The first kappa shape index (κ1) is 18.9. The third kappa shape index (κ3) is 5.03. The van der Waals surface area contributed by atoms with Crippen LogP contribution in [0.25, 0.3) is 0 Å². The molecule has 2 rings (SSSR count). The first-order chi connectivity index (χ1) is 11.9. The van der Waals surface area contributed by atoms with Gasteiger partial charge >= 0.3 is 0 Å². The number of benzene rings is 1. The van der Waals surface area contributed by atoms with Crippen molar-refractivity contribution in [3.8, 4) is 5.88 Å². The number of hydrogen-bond donors (Lipinski definition) is 0. The summed E-state index contributed by atoms with van der Waals surface area (Å²) in [6.07, 6.45) is 2.91. The molecule has 0 aliphatic heterocycles. The lowest BCUT2D eigenvalue weighted by Gasteiger charge is -2.22. The highest BCUT2D eigenvalue weighted by Crippen LogP contribution is 2.24. The van der Waals surface area contributed by atoms with Crippen molar-refractivity contribution in [2.45, 2.75) is 26.5 Å². The van der Waals surface area contributed by atoms with E-state index < -0.39 is 0 Å². The molecule has 0 spiro atoms. The summed E-state index contributed by atoms with van der Waals surface area (Å²) in [7, 11) is 0. The van der Waals surface area contributed by atoms with E-state index in [0.717, 1.165) is 0 Å². The Morgan fingerprint density at radius 3 is 2.76 bits per heavy atom. The smallest absolute Gasteiger partial charge is 0.256 e. The van der Waals surface area contributed by atoms with Crippen LogP contribution in [0.2, 0.25) is 5.02 Å². The van der Waals surface area contributed by atoms with Gasteiger partial charge in [0.2, 0.25) is 5.88 Å². The van der Waals surface area contributed by atoms with Gasteiger partial charge in [-0.15, -0.1) is 6.58 Å². The van der Waals surface area contributed by atoms with Crippen molar-refractivity contribution >= 4 is 17.5 Å². The van der Waals surface area contributed by atoms with Crippen LogP contribution >= 0.6 is 11.6 Å². The number of amides is 1. The molecule has 0 radical (unpaired) electrons. The Balaban J connectivity index is 2.23. The van der Waals surface area contributed by atoms with E-state index in [1.54, 1.807) is 24.3 Å². The number of pyridine rings is 1. The van der Waals surface area contributed by atoms with Crippen LogP contribution in [0, 0.1) is 5.82 Å². The fourth-order valence-corrected chi connectivity index (χ4v) is 2.45. The molecular formula is C19H20ClFN2O2. The van der Waals surface area contributed by atoms with Gasteiger partial charge < -0.3 is 9.64 Å². The van der Waals surface area contributed by atoms with Gasteiger partial charge in [0.25, 0.3) is 5.91 Å². The van der Waals surface area contributed by atoms with Gasteiger partial charge in [0.1, 0.15) is 10.8 Å². The fraction of sp³-hybridized carbons (Fsp3) is 0.263. The molecule has 0 saturated carbocycles. The Morgan fingerprint density at radius 2 is 2.16 bits per heavy atom. The molecule has 0 aliphatic rings. The largest absolute Gasteiger partial charge is 0.474 e. The molecule has 6 heteroatoms. The minimum absolute atomic E-state index is 0.0788. The average Bonchev–Trinajstić information content (AvgIpc) is 2.57. The lowest BCUT2D eigenvalue weighted by molar-refractivity contribution is 0.0760. The molecule has 0 atom stereocenters. The third-order valence-corrected chi connectivity index (χ3v) is 3.63. The van der Waals surface area contributed by atoms with Crippen LogP contribution in [0.15, 0.2) is 49.2 Å². The average molecular weight is 363 g/mol. The van der Waals surface area contributed by atoms with Gasteiger partial charge in [-0.05, 0) is 26.0 Å². The number of rotatable bonds is 7. The van der Waals surface area contributed by atoms with Crippen molar-refractivity contribution < 1.29 is 13.9 Å². The van der Waals surface area contributed by atoms with E-state index in [4.69, 9.17) is 16.3 Å². The minimum atomic E-state index is -0.360. The highest BCUT2D eigenvalue weighted by molar-refractivity contribution is 6.32. The summed E-state index contributed by atoms with van der Waals surface area (Å²) in [5.74, 6) is -0.396. The molecule has 0 aliphatic carbocycles. The maximum Gasteiger partial charge on any atom is 0.256 e. The van der Waals surface area contributed by atoms with Crippen LogP contribution in [-0.4, -0.2) is 28.4 Å². The van der Waals surface area contributed by atoms with E-state index in [9.17, 15) is 9.18 Å². The third-order valence-electron chi connectivity index (χ3n) is 3.36. The van der Waals surface area contributed by atoms with E-state index in [2.05, 4.69) is 11.6 Å². The lowest BCUT2D eigenvalue weighted by atomic mass is 10.1. The van der Waals surface area contributed by atoms with E-state index in [1.807, 2.05) is 13.8 Å². The normalized spacial score (nSPS) is 10.6. The molecule has 2 aromatic rings. The summed E-state index contributed by atoms with van der Waals surface area (Å²) in [5.41, 5.74) is 0.732. The summed E-state index contributed by atoms with van der Waals surface area (Å²) in [6.45, 7) is 7.77. The number of carbonyl (C=O) groups is 1. The number of ether oxygens (including phenoxy) is 1. The van der Waals surface area contributed by atoms with Gasteiger partial charge in [-0.3, -0.25) is 4.79 Å². The van der Waals surface area contributed by atoms with Gasteiger partial charge in [-0.2, -0.15) is 0 Å². The van der Waals surface area contributed by atoms with Gasteiger partial charge in [-0.25, -0.2) is 9.37 Å². The molecular weight excluding hydrogens is 343 g/mol. The molecule has 25 heavy (non-hydrogen) atoms. The number of halogens is 2. The Kier molecular flexibility index (Phi) is 6.53. The van der Waals surface area contributed by atoms with Crippen LogP contribution in [0.1, 0.15) is 29.8 Å². The highest BCUT2D eigenvalue weighted by Gasteiger charge is 2.19. The van der Waals surface area contributed by atoms with Crippen LogP contribution in [0.3, 0.4) is 0 Å². The molecule has 0 fully saturated rings. The Labute approximate surface area is 151 Å². The standard InChI is InChI=1S/C19H20ClFN2O2/c1-4-9-23(12-14-7-5-6-8-17(14)21)19(24)15-10-16(20)18(22-11-15)25-13(2)3/h4-8,10-11,13H,1,9,12H2,2-3H3. The molecule has 0 N–H and O–H groups in total. The Morgan fingerprint density at radius 1 is 1.44 bits per heavy atom. The second-order valence-corrected chi connectivity index (χ2v) is 6.15. The van der Waals surface area contributed by atoms with Crippen molar-refractivity contribution in [2.75, 3.05) is 6.54 Å². The predicted octanol–water partition coefficient (Wildman–Crippen LogP) is 4.49. The summed E-state index contributed by atoms with van der Waals surface area (Å²) in [6, 6.07) is 7.85. The summed E-state index contributed by atoms with van der Waals surface area (Å²) in [5, 5.41) is 0.254. The van der Waals surface area contributed by atoms with Crippen LogP contribution in [0.4, 0.5) is 4.39 Å². The molecule has 0 bridgehead atoms. The number of carbonyl (C=O) groups excluding carboxylic acids is 1. The van der Waals surface area contributed by atoms with Crippen LogP contribution in [-0.2, 0) is 6.54 Å². The van der Waals surface area contributed by atoms with Crippen LogP contribution in [0.5, 0.6) is 5.88 Å². The number of nitrogens with zero attached hydrogens (tertiary/aromatic N) is 2. The quantitative estimate of drug-likeness (QED) is 0.681. The molecule has 1 amide bonds. The van der Waals surface area contributed by atoms with Crippen molar-refractivity contribution in [3.63, 3.8) is 0 Å². The van der Waals surface area contributed by atoms with Gasteiger partial charge in [-0.1, -0.05) is 35.9 Å². The monoisotopic (exact) mass is 362 g/mol. The van der Waals surface area contributed by atoms with Crippen molar-refractivity contribution in [2.24, 2.45) is 0 Å². The predicted molar refractivity (Wildman–Crippen MR) is 96.3 cm³/mol. The maximum absolute atomic E-state index is 13.9. The van der Waals surface area contributed by atoms with E-state index >= 15 is 0 Å². The van der Waals surface area contributed by atoms with E-state index in [0.29, 0.717) is 11.1 Å². The zero-order valence-corrected chi connectivity index (χ0v) is 15.0. The molecule has 1 heterocycles. The topological polar surface area (TPSA) is 42.4 Å². The van der Waals surface area contributed by atoms with Gasteiger partial charge in [0.15, 0.2) is 0 Å². The second-order valence-electron chi connectivity index (χ2n) is 5.74. The van der Waals surface area contributed by atoms with E-state index in [-0.39, 0.29) is 41.8 Å². The Bertz CT molecular complexity index is 765. The molecule has 1 aromatic carbocycles. The maximum atomic E-state index is 13.9. The minimum Gasteiger partial charge on any atom is -0.474 e. The van der Waals surface area contributed by atoms with Gasteiger partial charge in [0.05, 0.1) is 11.7 Å². The van der Waals surface area contributed by atoms with Gasteiger partial charge in [0, 0.05) is 24.8 Å². The molecule has 4 nitrogen and oxygen atoms in total. The molecule has 0 saturated heterocycles. The zero-order chi connectivity index (χ0) is 18.4. The van der Waals surface area contributed by atoms with Crippen molar-refractivity contribution in [1.82, 2.24) is 9.88 Å². The summed E-state index contributed by atoms with van der Waals surface area (Å²) >= 11 is 6.15. The lowest BCUT2D eigenvalue weighted by Crippen LogP contribution is -2.31. The van der Waals surface area contributed by atoms with Crippen molar-refractivity contribution in [3.05, 3.63) is 71.2 Å². The van der Waals surface area contributed by atoms with E-state index in [1.165, 1.54) is 23.2 Å². The first-order valence-corrected chi connectivity index (χ1v) is 8.26. The number of hydrogen-bond acceptors (Lipinski definition) is 3. The van der Waals surface area contributed by atoms with Crippen molar-refractivity contribution in [1.29, 1.82) is 0 Å². The SMILES string of the molecule is C=CCN(Cc1ccccc1F)C(=O)c1cnc(OC(C)C)c(Cl)c1. The molecule has 1 aromatic heterocycles. The first-order valence-electron chi connectivity index (χ1n) is 7.88. The zero-order valence-electron chi connectivity index (χ0n) is 14.2. The number of aromatic nitrogens is 1. The summed E-state index contributed by atoms with van der Waals surface area (Å²) in [4.78, 5) is 18.3. The summed E-state index contributed by atoms with van der Waals surface area (Å²) < 4.78 is 19.3. The molecule has 0 unspecified atom stereocenters. The van der Waals surface area contributed by atoms with Crippen LogP contribution < -0.4 is 4.74 Å². The molecule has 132 valence electrons. The second kappa shape index (κ2) is 8.62.